The minimum atomic E-state index is -0.165. The highest BCUT2D eigenvalue weighted by Crippen LogP contribution is 2.13. The summed E-state index contributed by atoms with van der Waals surface area (Å²) in [5.41, 5.74) is 8.95. The van der Waals surface area contributed by atoms with Gasteiger partial charge in [-0.25, -0.2) is 0 Å². The van der Waals surface area contributed by atoms with Gasteiger partial charge in [0.05, 0.1) is 18.4 Å². The van der Waals surface area contributed by atoms with E-state index in [4.69, 9.17) is 5.73 Å². The second-order valence-corrected chi connectivity index (χ2v) is 6.32. The summed E-state index contributed by atoms with van der Waals surface area (Å²) in [6.07, 6.45) is 3.46. The molecule has 0 radical (unpaired) electrons. The van der Waals surface area contributed by atoms with Gasteiger partial charge in [-0.15, -0.1) is 0 Å². The van der Waals surface area contributed by atoms with Gasteiger partial charge in [-0.3, -0.25) is 9.48 Å². The minimum Gasteiger partial charge on any atom is -0.326 e. The van der Waals surface area contributed by atoms with Crippen LogP contribution in [0.4, 0.5) is 5.69 Å². The van der Waals surface area contributed by atoms with Crippen LogP contribution in [-0.2, 0) is 13.1 Å². The van der Waals surface area contributed by atoms with Crippen molar-refractivity contribution < 1.29 is 4.79 Å². The number of nitrogens with one attached hydrogen (secondary N) is 1. The number of benzene rings is 2. The van der Waals surface area contributed by atoms with Crippen molar-refractivity contribution in [2.75, 3.05) is 5.32 Å². The molecule has 0 atom stereocenters. The van der Waals surface area contributed by atoms with Gasteiger partial charge in [0.25, 0.3) is 5.91 Å². The fourth-order valence-corrected chi connectivity index (χ4v) is 2.55. The standard InChI is InChI=1S/C18H17BrN4O/c19-16-7-3-14(4-8-16)11-23-12-17(10-21-23)22-18(24)15-5-1-13(9-20)2-6-15/h1-8,10,12H,9,11,20H2,(H,22,24). The number of carbonyl (C=O) groups is 1. The summed E-state index contributed by atoms with van der Waals surface area (Å²) in [4.78, 5) is 12.2. The molecule has 0 fully saturated rings. The molecule has 0 aliphatic rings. The molecule has 0 aliphatic heterocycles. The number of halogens is 1. The maximum Gasteiger partial charge on any atom is 0.255 e. The fraction of sp³-hybridized carbons (Fsp3) is 0.111. The molecule has 0 bridgehead atoms. The Labute approximate surface area is 148 Å². The van der Waals surface area contributed by atoms with Crippen LogP contribution < -0.4 is 11.1 Å². The molecule has 0 spiro atoms. The normalized spacial score (nSPS) is 10.6. The largest absolute Gasteiger partial charge is 0.326 e. The molecule has 3 rings (SSSR count). The van der Waals surface area contributed by atoms with E-state index in [9.17, 15) is 4.79 Å². The summed E-state index contributed by atoms with van der Waals surface area (Å²) in [6.45, 7) is 1.11. The molecule has 1 amide bonds. The van der Waals surface area contributed by atoms with Gasteiger partial charge in [0, 0.05) is 22.8 Å². The molecule has 0 aliphatic carbocycles. The third-order valence-electron chi connectivity index (χ3n) is 3.60. The lowest BCUT2D eigenvalue weighted by molar-refractivity contribution is 0.102. The summed E-state index contributed by atoms with van der Waals surface area (Å²) in [5.74, 6) is -0.165. The number of carbonyl (C=O) groups excluding carboxylic acids is 1. The Bertz CT molecular complexity index is 825. The molecule has 1 heterocycles. The van der Waals surface area contributed by atoms with E-state index < -0.39 is 0 Å². The van der Waals surface area contributed by atoms with E-state index in [2.05, 4.69) is 26.3 Å². The average Bonchev–Trinajstić information content (AvgIpc) is 3.04. The number of amides is 1. The Morgan fingerprint density at radius 2 is 1.75 bits per heavy atom. The molecule has 3 aromatic rings. The van der Waals surface area contributed by atoms with Gasteiger partial charge in [0.15, 0.2) is 0 Å². The van der Waals surface area contributed by atoms with E-state index in [-0.39, 0.29) is 5.91 Å². The van der Waals surface area contributed by atoms with Gasteiger partial charge in [-0.2, -0.15) is 5.10 Å². The molecule has 24 heavy (non-hydrogen) atoms. The van der Waals surface area contributed by atoms with Crippen LogP contribution in [0.25, 0.3) is 0 Å². The van der Waals surface area contributed by atoms with E-state index in [0.29, 0.717) is 24.3 Å². The van der Waals surface area contributed by atoms with Crippen molar-refractivity contribution in [3.63, 3.8) is 0 Å². The number of hydrogen-bond donors (Lipinski definition) is 2. The molecular weight excluding hydrogens is 368 g/mol. The lowest BCUT2D eigenvalue weighted by atomic mass is 10.1. The molecule has 3 N–H and O–H groups in total. The number of rotatable bonds is 5. The quantitative estimate of drug-likeness (QED) is 0.707. The lowest BCUT2D eigenvalue weighted by Gasteiger charge is -2.04. The van der Waals surface area contributed by atoms with Crippen LogP contribution in [0.1, 0.15) is 21.5 Å². The number of nitrogens with two attached hydrogens (primary N) is 1. The lowest BCUT2D eigenvalue weighted by Crippen LogP contribution is -2.11. The first-order valence-electron chi connectivity index (χ1n) is 7.51. The molecular formula is C18H17BrN4O. The van der Waals surface area contributed by atoms with Crippen LogP contribution in [0.5, 0.6) is 0 Å². The first-order valence-corrected chi connectivity index (χ1v) is 8.30. The first-order chi connectivity index (χ1) is 11.6. The van der Waals surface area contributed by atoms with Crippen LogP contribution in [-0.4, -0.2) is 15.7 Å². The summed E-state index contributed by atoms with van der Waals surface area (Å²) >= 11 is 3.42. The predicted molar refractivity (Wildman–Crippen MR) is 97.8 cm³/mol. The van der Waals surface area contributed by atoms with Crippen molar-refractivity contribution in [3.8, 4) is 0 Å². The molecule has 2 aromatic carbocycles. The Morgan fingerprint density at radius 3 is 2.42 bits per heavy atom. The molecule has 1 aromatic heterocycles. The number of aromatic nitrogens is 2. The van der Waals surface area contributed by atoms with E-state index in [0.717, 1.165) is 15.6 Å². The van der Waals surface area contributed by atoms with Crippen molar-refractivity contribution in [1.29, 1.82) is 0 Å². The fourth-order valence-electron chi connectivity index (χ4n) is 2.29. The van der Waals surface area contributed by atoms with Gasteiger partial charge in [-0.05, 0) is 35.4 Å². The molecule has 122 valence electrons. The highest BCUT2D eigenvalue weighted by Gasteiger charge is 2.07. The topological polar surface area (TPSA) is 72.9 Å². The monoisotopic (exact) mass is 384 g/mol. The van der Waals surface area contributed by atoms with E-state index in [1.54, 1.807) is 23.0 Å². The maximum atomic E-state index is 12.2. The molecule has 0 unspecified atom stereocenters. The second kappa shape index (κ2) is 7.42. The van der Waals surface area contributed by atoms with Crippen LogP contribution in [0.2, 0.25) is 0 Å². The summed E-state index contributed by atoms with van der Waals surface area (Å²) in [6, 6.07) is 15.3. The third-order valence-corrected chi connectivity index (χ3v) is 4.13. The first kappa shape index (κ1) is 16.4. The highest BCUT2D eigenvalue weighted by molar-refractivity contribution is 9.10. The molecule has 6 heteroatoms. The zero-order chi connectivity index (χ0) is 16.9. The van der Waals surface area contributed by atoms with E-state index >= 15 is 0 Å². The average molecular weight is 385 g/mol. The van der Waals surface area contributed by atoms with E-state index in [1.807, 2.05) is 42.6 Å². The Kier molecular flexibility index (Phi) is 5.08. The number of nitrogens with zero attached hydrogens (tertiary/aromatic N) is 2. The van der Waals surface area contributed by atoms with Crippen molar-refractivity contribution in [3.05, 3.63) is 82.1 Å². The van der Waals surface area contributed by atoms with Gasteiger partial charge in [-0.1, -0.05) is 40.2 Å². The summed E-state index contributed by atoms with van der Waals surface area (Å²) < 4.78 is 2.83. The smallest absolute Gasteiger partial charge is 0.255 e. The van der Waals surface area contributed by atoms with Gasteiger partial charge in [0.2, 0.25) is 0 Å². The molecule has 5 nitrogen and oxygen atoms in total. The summed E-state index contributed by atoms with van der Waals surface area (Å²) in [5, 5.41) is 7.13. The minimum absolute atomic E-state index is 0.165. The van der Waals surface area contributed by atoms with Crippen molar-refractivity contribution in [2.24, 2.45) is 5.73 Å². The molecule has 0 saturated heterocycles. The number of hydrogen-bond acceptors (Lipinski definition) is 3. The van der Waals surface area contributed by atoms with Gasteiger partial charge >= 0.3 is 0 Å². The highest BCUT2D eigenvalue weighted by atomic mass is 79.9. The second-order valence-electron chi connectivity index (χ2n) is 5.41. The zero-order valence-electron chi connectivity index (χ0n) is 12.9. The van der Waals surface area contributed by atoms with Gasteiger partial charge in [0.1, 0.15) is 0 Å². The maximum absolute atomic E-state index is 12.2. The summed E-state index contributed by atoms with van der Waals surface area (Å²) in [7, 11) is 0. The van der Waals surface area contributed by atoms with Crippen LogP contribution in [0, 0.1) is 0 Å². The van der Waals surface area contributed by atoms with E-state index in [1.165, 1.54) is 0 Å². The number of anilines is 1. The third kappa shape index (κ3) is 4.10. The van der Waals surface area contributed by atoms with Crippen molar-refractivity contribution in [2.45, 2.75) is 13.1 Å². The van der Waals surface area contributed by atoms with Crippen molar-refractivity contribution in [1.82, 2.24) is 9.78 Å². The van der Waals surface area contributed by atoms with Crippen LogP contribution >= 0.6 is 15.9 Å². The predicted octanol–water partition coefficient (Wildman–Crippen LogP) is 3.40. The Morgan fingerprint density at radius 1 is 1.08 bits per heavy atom. The molecule has 0 saturated carbocycles. The van der Waals surface area contributed by atoms with Crippen LogP contribution in [0.15, 0.2) is 65.4 Å². The van der Waals surface area contributed by atoms with Gasteiger partial charge < -0.3 is 11.1 Å². The Hall–Kier alpha value is -2.44. The SMILES string of the molecule is NCc1ccc(C(=O)Nc2cnn(Cc3ccc(Br)cc3)c2)cc1. The van der Waals surface area contributed by atoms with Crippen LogP contribution in [0.3, 0.4) is 0 Å². The zero-order valence-corrected chi connectivity index (χ0v) is 14.5. The van der Waals surface area contributed by atoms with Crippen molar-refractivity contribution >= 4 is 27.5 Å². The Balaban J connectivity index is 1.64.